The minimum atomic E-state index is 0.134. The Bertz CT molecular complexity index is 1360. The van der Waals surface area contributed by atoms with E-state index in [1.165, 1.54) is 5.56 Å². The van der Waals surface area contributed by atoms with E-state index in [0.29, 0.717) is 44.5 Å². The number of nitrogens with one attached hydrogen (secondary N) is 2. The number of anilines is 4. The Balaban J connectivity index is 1.08. The van der Waals surface area contributed by atoms with Crippen molar-refractivity contribution >= 4 is 28.9 Å². The van der Waals surface area contributed by atoms with Crippen LogP contribution in [0.4, 0.5) is 23.0 Å². The van der Waals surface area contributed by atoms with Crippen LogP contribution in [0.5, 0.6) is 5.88 Å². The summed E-state index contributed by atoms with van der Waals surface area (Å²) in [7, 11) is 0. The highest BCUT2D eigenvalue weighted by atomic mass is 16.5. The minimum absolute atomic E-state index is 0.134. The lowest BCUT2D eigenvalue weighted by Gasteiger charge is -2.39. The van der Waals surface area contributed by atoms with Gasteiger partial charge in [-0.25, -0.2) is 15.0 Å². The number of nitrogens with zero attached hydrogens (tertiary/aromatic N) is 5. The van der Waals surface area contributed by atoms with E-state index in [9.17, 15) is 4.79 Å². The zero-order chi connectivity index (χ0) is 26.9. The second kappa shape index (κ2) is 10.7. The number of pyridine rings is 1. The molecule has 0 unspecified atom stereocenters. The smallest absolute Gasteiger partial charge is 0.237 e. The quantitative estimate of drug-likeness (QED) is 0.476. The first-order valence-electron chi connectivity index (χ1n) is 13.7. The molecule has 3 aliphatic rings. The number of aromatic nitrogens is 3. The third-order valence-corrected chi connectivity index (χ3v) is 7.44. The topological polar surface area (TPSA) is 105 Å². The van der Waals surface area contributed by atoms with Gasteiger partial charge in [0.05, 0.1) is 42.8 Å². The Hall–Kier alpha value is -3.92. The van der Waals surface area contributed by atoms with E-state index in [-0.39, 0.29) is 18.1 Å². The van der Waals surface area contributed by atoms with Gasteiger partial charge in [0.25, 0.3) is 0 Å². The van der Waals surface area contributed by atoms with Gasteiger partial charge >= 0.3 is 0 Å². The Morgan fingerprint density at radius 1 is 1.21 bits per heavy atom. The van der Waals surface area contributed by atoms with E-state index in [2.05, 4.69) is 32.4 Å². The zero-order valence-corrected chi connectivity index (χ0v) is 22.7. The summed E-state index contributed by atoms with van der Waals surface area (Å²) in [6.45, 7) is 10.5. The summed E-state index contributed by atoms with van der Waals surface area (Å²) in [5.74, 6) is 1.37. The normalized spacial score (nSPS) is 16.6. The highest BCUT2D eigenvalue weighted by Gasteiger charge is 2.31. The fourth-order valence-electron chi connectivity index (χ4n) is 5.33. The van der Waals surface area contributed by atoms with Crippen LogP contribution in [0.1, 0.15) is 36.2 Å². The number of fused-ring (bicyclic) bond motifs is 2. The van der Waals surface area contributed by atoms with Gasteiger partial charge < -0.3 is 29.9 Å². The molecule has 3 aliphatic heterocycles. The monoisotopic (exact) mass is 529 g/mol. The van der Waals surface area contributed by atoms with Crippen LogP contribution in [-0.4, -0.2) is 70.8 Å². The fourth-order valence-corrected chi connectivity index (χ4v) is 5.33. The van der Waals surface area contributed by atoms with Crippen LogP contribution in [0.3, 0.4) is 0 Å². The number of hydrogen-bond acceptors (Lipinski definition) is 9. The molecule has 39 heavy (non-hydrogen) atoms. The number of likely N-dealkylation sites (tertiary alicyclic amines) is 1. The Morgan fingerprint density at radius 3 is 2.82 bits per heavy atom. The van der Waals surface area contributed by atoms with Crippen LogP contribution in [0, 0.1) is 6.92 Å². The molecular formula is C29H35N7O3. The summed E-state index contributed by atoms with van der Waals surface area (Å²) in [6.07, 6.45) is 5.44. The van der Waals surface area contributed by atoms with Gasteiger partial charge in [0.15, 0.2) is 0 Å². The number of carbonyl (C=O) groups is 1. The molecule has 0 radical (unpaired) electrons. The lowest BCUT2D eigenvalue weighted by atomic mass is 10.0. The molecule has 0 saturated carbocycles. The lowest BCUT2D eigenvalue weighted by Crippen LogP contribution is -2.55. The number of ether oxygens (including phenoxy) is 2. The molecule has 5 heterocycles. The van der Waals surface area contributed by atoms with Crippen molar-refractivity contribution in [1.29, 1.82) is 0 Å². The second-order valence-corrected chi connectivity index (χ2v) is 10.7. The van der Waals surface area contributed by atoms with Gasteiger partial charge in [-0.05, 0) is 50.5 Å². The molecule has 10 nitrogen and oxygen atoms in total. The molecule has 0 bridgehead atoms. The van der Waals surface area contributed by atoms with E-state index in [1.54, 1.807) is 0 Å². The molecule has 10 heteroatoms. The van der Waals surface area contributed by atoms with Crippen LogP contribution in [0.25, 0.3) is 0 Å². The van der Waals surface area contributed by atoms with E-state index >= 15 is 0 Å². The molecule has 2 aromatic heterocycles. The van der Waals surface area contributed by atoms with E-state index < -0.39 is 0 Å². The van der Waals surface area contributed by atoms with Crippen molar-refractivity contribution in [3.8, 4) is 5.88 Å². The molecule has 1 amide bonds. The maximum Gasteiger partial charge on any atom is 0.237 e. The van der Waals surface area contributed by atoms with Gasteiger partial charge in [-0.3, -0.25) is 4.79 Å². The Kier molecular flexibility index (Phi) is 6.95. The van der Waals surface area contributed by atoms with Crippen LogP contribution in [-0.2, 0) is 28.9 Å². The van der Waals surface area contributed by atoms with E-state index in [1.807, 2.05) is 55.4 Å². The average Bonchev–Trinajstić information content (AvgIpc) is 2.91. The van der Waals surface area contributed by atoms with Gasteiger partial charge in [-0.15, -0.1) is 0 Å². The molecule has 1 aromatic carbocycles. The molecule has 3 aromatic rings. The van der Waals surface area contributed by atoms with Crippen molar-refractivity contribution in [2.24, 2.45) is 0 Å². The van der Waals surface area contributed by atoms with Gasteiger partial charge in [0.1, 0.15) is 12.3 Å². The molecule has 1 saturated heterocycles. The van der Waals surface area contributed by atoms with Crippen LogP contribution in [0.15, 0.2) is 36.7 Å². The molecule has 1 fully saturated rings. The van der Waals surface area contributed by atoms with Crippen molar-refractivity contribution in [2.45, 2.75) is 52.4 Å². The first-order valence-corrected chi connectivity index (χ1v) is 13.7. The number of carbonyl (C=O) groups excluding carboxylic acids is 1. The Labute approximate surface area is 228 Å². The standard InChI is InChI=1S/C29H35N7O3/c1-18(2)39-23-15-36(16-23)26(37)12-20-4-6-22(7-5-20)33-29-32-13-21-8-10-35(17-24(21)34-29)25-14-31-28-27(19(25)3)30-9-11-38-28/h4-7,13-14,18,23,30H,8-12,15-17H2,1-3H3,(H,32,33,34). The molecule has 204 valence electrons. The van der Waals surface area contributed by atoms with Crippen molar-refractivity contribution < 1.29 is 14.3 Å². The van der Waals surface area contributed by atoms with E-state index in [4.69, 9.17) is 14.5 Å². The summed E-state index contributed by atoms with van der Waals surface area (Å²) in [5, 5.41) is 6.74. The molecule has 0 atom stereocenters. The summed E-state index contributed by atoms with van der Waals surface area (Å²) in [5.41, 5.74) is 7.26. The summed E-state index contributed by atoms with van der Waals surface area (Å²) in [6, 6.07) is 7.89. The van der Waals surface area contributed by atoms with Gasteiger partial charge in [-0.1, -0.05) is 12.1 Å². The predicted octanol–water partition coefficient (Wildman–Crippen LogP) is 3.47. The lowest BCUT2D eigenvalue weighted by molar-refractivity contribution is -0.147. The van der Waals surface area contributed by atoms with Crippen LogP contribution in [0.2, 0.25) is 0 Å². The number of hydrogen-bond donors (Lipinski definition) is 2. The summed E-state index contributed by atoms with van der Waals surface area (Å²) < 4.78 is 11.4. The summed E-state index contributed by atoms with van der Waals surface area (Å²) >= 11 is 0. The highest BCUT2D eigenvalue weighted by molar-refractivity contribution is 5.80. The summed E-state index contributed by atoms with van der Waals surface area (Å²) in [4.78, 5) is 30.7. The van der Waals surface area contributed by atoms with Crippen LogP contribution >= 0.6 is 0 Å². The van der Waals surface area contributed by atoms with Crippen molar-refractivity contribution in [3.05, 3.63) is 59.0 Å². The number of rotatable bonds is 7. The maximum absolute atomic E-state index is 12.6. The molecule has 2 N–H and O–H groups in total. The van der Waals surface area contributed by atoms with Crippen molar-refractivity contribution in [1.82, 2.24) is 19.9 Å². The minimum Gasteiger partial charge on any atom is -0.474 e. The number of amides is 1. The fraction of sp³-hybridized carbons (Fsp3) is 0.448. The number of benzene rings is 1. The van der Waals surface area contributed by atoms with Crippen molar-refractivity contribution in [3.63, 3.8) is 0 Å². The molecule has 6 rings (SSSR count). The largest absolute Gasteiger partial charge is 0.474 e. The third kappa shape index (κ3) is 5.47. The first kappa shape index (κ1) is 25.4. The first-order chi connectivity index (χ1) is 18.9. The van der Waals surface area contributed by atoms with Crippen molar-refractivity contribution in [2.75, 3.05) is 48.3 Å². The second-order valence-electron chi connectivity index (χ2n) is 10.7. The Morgan fingerprint density at radius 2 is 2.03 bits per heavy atom. The van der Waals surface area contributed by atoms with E-state index in [0.717, 1.165) is 53.4 Å². The molecule has 0 spiro atoms. The SMILES string of the molecule is Cc1c(N2CCc3cnc(Nc4ccc(CC(=O)N5CC(OC(C)C)C5)cc4)nc3C2)cnc2c1NCCO2. The maximum atomic E-state index is 12.6. The van der Waals surface area contributed by atoms with Gasteiger partial charge in [0.2, 0.25) is 17.7 Å². The van der Waals surface area contributed by atoms with Gasteiger partial charge in [0, 0.05) is 43.6 Å². The average molecular weight is 530 g/mol. The van der Waals surface area contributed by atoms with Crippen LogP contribution < -0.4 is 20.3 Å². The predicted molar refractivity (Wildman–Crippen MR) is 150 cm³/mol. The van der Waals surface area contributed by atoms with Gasteiger partial charge in [-0.2, -0.15) is 0 Å². The zero-order valence-electron chi connectivity index (χ0n) is 22.7. The third-order valence-electron chi connectivity index (χ3n) is 7.44. The molecular weight excluding hydrogens is 494 g/mol. The highest BCUT2D eigenvalue weighted by Crippen LogP contribution is 2.36. The molecule has 0 aliphatic carbocycles.